The Morgan fingerprint density at radius 2 is 1.94 bits per heavy atom. The van der Waals surface area contributed by atoms with Gasteiger partial charge in [-0.05, 0) is 48.7 Å². The third-order valence-electron chi connectivity index (χ3n) is 2.96. The van der Waals surface area contributed by atoms with Crippen LogP contribution in [-0.4, -0.2) is 12.0 Å². The van der Waals surface area contributed by atoms with Crippen molar-refractivity contribution in [1.82, 2.24) is 4.98 Å². The molecule has 2 nitrogen and oxygen atoms in total. The maximum absolute atomic E-state index is 4.32. The van der Waals surface area contributed by atoms with Crippen LogP contribution in [0.3, 0.4) is 0 Å². The molecule has 1 N–H and O–H groups in total. The van der Waals surface area contributed by atoms with E-state index in [1.807, 2.05) is 31.1 Å². The quantitative estimate of drug-likeness (QED) is 0.838. The lowest BCUT2D eigenvalue weighted by atomic mass is 10.1. The molecule has 0 radical (unpaired) electrons. The minimum Gasteiger partial charge on any atom is -0.373 e. The van der Waals surface area contributed by atoms with E-state index in [1.54, 1.807) is 0 Å². The molecule has 1 aromatic heterocycles. The molecule has 2 aromatic rings. The van der Waals surface area contributed by atoms with Crippen molar-refractivity contribution < 1.29 is 0 Å². The number of anilines is 1. The number of hydrogen-bond acceptors (Lipinski definition) is 3. The van der Waals surface area contributed by atoms with E-state index >= 15 is 0 Å². The molecule has 0 fully saturated rings. The number of hydrogen-bond donors (Lipinski definition) is 1. The second kappa shape index (κ2) is 5.91. The first-order chi connectivity index (χ1) is 8.69. The molecule has 0 saturated heterocycles. The Morgan fingerprint density at radius 3 is 2.56 bits per heavy atom. The number of rotatable bonds is 4. The summed E-state index contributed by atoms with van der Waals surface area (Å²) in [7, 11) is 1.88. The number of aryl methyl sites for hydroxylation is 2. The summed E-state index contributed by atoms with van der Waals surface area (Å²) in [6.07, 6.45) is 1.93. The maximum atomic E-state index is 4.32. The molecule has 0 aliphatic rings. The van der Waals surface area contributed by atoms with Crippen molar-refractivity contribution >= 4 is 17.6 Å². The van der Waals surface area contributed by atoms with Crippen molar-refractivity contribution in [3.8, 4) is 0 Å². The summed E-state index contributed by atoms with van der Waals surface area (Å²) in [5.41, 5.74) is 3.94. The Morgan fingerprint density at radius 1 is 1.11 bits per heavy atom. The van der Waals surface area contributed by atoms with Crippen molar-refractivity contribution in [1.29, 1.82) is 0 Å². The lowest BCUT2D eigenvalue weighted by Crippen LogP contribution is -1.92. The highest BCUT2D eigenvalue weighted by Gasteiger charge is 1.99. The second-order valence-corrected chi connectivity index (χ2v) is 5.39. The van der Waals surface area contributed by atoms with E-state index in [2.05, 4.69) is 48.4 Å². The van der Waals surface area contributed by atoms with Gasteiger partial charge in [-0.3, -0.25) is 0 Å². The van der Waals surface area contributed by atoms with Crippen LogP contribution in [0.2, 0.25) is 0 Å². The average molecular weight is 258 g/mol. The SMILES string of the molecule is CNc1ccc(CSc2ccc(C)c(C)c2)cn1. The van der Waals surface area contributed by atoms with Gasteiger partial charge in [0, 0.05) is 23.9 Å². The predicted molar refractivity (Wildman–Crippen MR) is 79.3 cm³/mol. The standard InChI is InChI=1S/C15H18N2S/c1-11-4-6-14(8-12(11)2)18-10-13-5-7-15(16-3)17-9-13/h4-9H,10H2,1-3H3,(H,16,17). The van der Waals surface area contributed by atoms with E-state index in [1.165, 1.54) is 21.6 Å². The minimum atomic E-state index is 0.912. The predicted octanol–water partition coefficient (Wildman–Crippen LogP) is 4.03. The van der Waals surface area contributed by atoms with Gasteiger partial charge >= 0.3 is 0 Å². The molecule has 0 aliphatic carbocycles. The first-order valence-corrected chi connectivity index (χ1v) is 7.00. The zero-order chi connectivity index (χ0) is 13.0. The van der Waals surface area contributed by atoms with Crippen molar-refractivity contribution in [2.24, 2.45) is 0 Å². The molecule has 18 heavy (non-hydrogen) atoms. The van der Waals surface area contributed by atoms with E-state index < -0.39 is 0 Å². The Hall–Kier alpha value is -1.48. The minimum absolute atomic E-state index is 0.912. The molecule has 0 saturated carbocycles. The first kappa shape index (κ1) is 13.0. The molecule has 3 heteroatoms. The lowest BCUT2D eigenvalue weighted by molar-refractivity contribution is 1.22. The summed E-state index contributed by atoms with van der Waals surface area (Å²) < 4.78 is 0. The van der Waals surface area contributed by atoms with Gasteiger partial charge in [-0.1, -0.05) is 12.1 Å². The molecule has 0 unspecified atom stereocenters. The van der Waals surface area contributed by atoms with Crippen molar-refractivity contribution in [3.05, 3.63) is 53.2 Å². The number of aromatic nitrogens is 1. The number of thioether (sulfide) groups is 1. The summed E-state index contributed by atoms with van der Waals surface area (Å²) in [4.78, 5) is 5.63. The van der Waals surface area contributed by atoms with Gasteiger partial charge < -0.3 is 5.32 Å². The van der Waals surface area contributed by atoms with Gasteiger partial charge in [0.05, 0.1) is 0 Å². The summed E-state index contributed by atoms with van der Waals surface area (Å²) in [5, 5.41) is 3.02. The third-order valence-corrected chi connectivity index (χ3v) is 4.03. The largest absolute Gasteiger partial charge is 0.373 e. The first-order valence-electron chi connectivity index (χ1n) is 6.02. The molecule has 0 aliphatic heterocycles. The molecule has 2 rings (SSSR count). The fraction of sp³-hybridized carbons (Fsp3) is 0.267. The summed E-state index contributed by atoms with van der Waals surface area (Å²) in [6, 6.07) is 10.7. The van der Waals surface area contributed by atoms with Crippen LogP contribution in [0.1, 0.15) is 16.7 Å². The number of benzene rings is 1. The number of nitrogens with one attached hydrogen (secondary N) is 1. The summed E-state index contributed by atoms with van der Waals surface area (Å²) in [5.74, 6) is 1.87. The van der Waals surface area contributed by atoms with Crippen molar-refractivity contribution in [2.75, 3.05) is 12.4 Å². The Bertz CT molecular complexity index is 521. The fourth-order valence-corrected chi connectivity index (χ4v) is 2.56. The van der Waals surface area contributed by atoms with E-state index in [0.717, 1.165) is 11.6 Å². The van der Waals surface area contributed by atoms with Crippen LogP contribution in [0.5, 0.6) is 0 Å². The number of nitrogens with zero attached hydrogens (tertiary/aromatic N) is 1. The van der Waals surface area contributed by atoms with Gasteiger partial charge in [0.15, 0.2) is 0 Å². The van der Waals surface area contributed by atoms with E-state index in [0.29, 0.717) is 0 Å². The van der Waals surface area contributed by atoms with E-state index in [4.69, 9.17) is 0 Å². The molecule has 0 bridgehead atoms. The normalized spacial score (nSPS) is 10.4. The lowest BCUT2D eigenvalue weighted by Gasteiger charge is -2.06. The van der Waals surface area contributed by atoms with Gasteiger partial charge in [-0.25, -0.2) is 4.98 Å². The highest BCUT2D eigenvalue weighted by molar-refractivity contribution is 7.98. The zero-order valence-electron chi connectivity index (χ0n) is 11.0. The fourth-order valence-electron chi connectivity index (χ4n) is 1.63. The molecule has 94 valence electrons. The number of pyridine rings is 1. The van der Waals surface area contributed by atoms with Crippen LogP contribution in [0, 0.1) is 13.8 Å². The topological polar surface area (TPSA) is 24.9 Å². The van der Waals surface area contributed by atoms with Crippen LogP contribution in [0.4, 0.5) is 5.82 Å². The average Bonchev–Trinajstić information content (AvgIpc) is 2.41. The third kappa shape index (κ3) is 3.26. The molecule has 1 aromatic carbocycles. The van der Waals surface area contributed by atoms with Gasteiger partial charge in [0.1, 0.15) is 5.82 Å². The van der Waals surface area contributed by atoms with E-state index in [-0.39, 0.29) is 0 Å². The summed E-state index contributed by atoms with van der Waals surface area (Å²) in [6.45, 7) is 4.30. The highest BCUT2D eigenvalue weighted by Crippen LogP contribution is 2.24. The molecule has 0 atom stereocenters. The smallest absolute Gasteiger partial charge is 0.125 e. The van der Waals surface area contributed by atoms with Crippen LogP contribution in [-0.2, 0) is 5.75 Å². The summed E-state index contributed by atoms with van der Waals surface area (Å²) >= 11 is 1.85. The van der Waals surface area contributed by atoms with Gasteiger partial charge in [0.2, 0.25) is 0 Å². The molecule has 0 spiro atoms. The second-order valence-electron chi connectivity index (χ2n) is 4.34. The Labute approximate surface area is 113 Å². The molecular formula is C15H18N2S. The highest BCUT2D eigenvalue weighted by atomic mass is 32.2. The van der Waals surface area contributed by atoms with Crippen LogP contribution in [0.15, 0.2) is 41.4 Å². The molecular weight excluding hydrogens is 240 g/mol. The van der Waals surface area contributed by atoms with Crippen LogP contribution in [0.25, 0.3) is 0 Å². The van der Waals surface area contributed by atoms with Crippen molar-refractivity contribution in [3.63, 3.8) is 0 Å². The maximum Gasteiger partial charge on any atom is 0.125 e. The van der Waals surface area contributed by atoms with Gasteiger partial charge in [0.25, 0.3) is 0 Å². The van der Waals surface area contributed by atoms with E-state index in [9.17, 15) is 0 Å². The van der Waals surface area contributed by atoms with Crippen LogP contribution < -0.4 is 5.32 Å². The zero-order valence-corrected chi connectivity index (χ0v) is 11.8. The van der Waals surface area contributed by atoms with Gasteiger partial charge in [-0.2, -0.15) is 0 Å². The Kier molecular flexibility index (Phi) is 4.26. The van der Waals surface area contributed by atoms with Gasteiger partial charge in [-0.15, -0.1) is 11.8 Å². The Balaban J connectivity index is 1.99. The molecule has 0 amide bonds. The molecule has 1 heterocycles. The van der Waals surface area contributed by atoms with Crippen LogP contribution >= 0.6 is 11.8 Å². The monoisotopic (exact) mass is 258 g/mol. The van der Waals surface area contributed by atoms with Crippen molar-refractivity contribution in [2.45, 2.75) is 24.5 Å².